The van der Waals surface area contributed by atoms with E-state index < -0.39 is 0 Å². The topological polar surface area (TPSA) is 61.6 Å². The molecule has 1 N–H and O–H groups in total. The summed E-state index contributed by atoms with van der Waals surface area (Å²) in [7, 11) is 0. The largest absolute Gasteiger partial charge is 0.316 e. The van der Waals surface area contributed by atoms with Gasteiger partial charge in [-0.3, -0.25) is 0 Å². The first-order chi connectivity index (χ1) is 7.28. The van der Waals surface area contributed by atoms with Crippen molar-refractivity contribution in [1.82, 2.24) is 9.97 Å². The summed E-state index contributed by atoms with van der Waals surface area (Å²) in [4.78, 5) is 9.38. The summed E-state index contributed by atoms with van der Waals surface area (Å²) in [6, 6.07) is 5.42. The molecule has 2 rings (SSSR count). The minimum atomic E-state index is 0.584. The van der Waals surface area contributed by atoms with Crippen molar-refractivity contribution in [3.63, 3.8) is 0 Å². The van der Waals surface area contributed by atoms with E-state index in [4.69, 9.17) is 5.26 Å². The molecule has 0 aliphatic heterocycles. The second-order valence-corrected chi connectivity index (χ2v) is 4.18. The summed E-state index contributed by atoms with van der Waals surface area (Å²) in [5.41, 5.74) is 0.584. The Morgan fingerprint density at radius 2 is 2.33 bits per heavy atom. The van der Waals surface area contributed by atoms with Crippen molar-refractivity contribution in [3.8, 4) is 6.07 Å². The Labute approximate surface area is 91.2 Å². The molecule has 5 heteroatoms. The predicted octanol–water partition coefficient (Wildman–Crippen LogP) is 2.46. The molecule has 0 radical (unpaired) electrons. The van der Waals surface area contributed by atoms with Crippen LogP contribution in [0.15, 0.2) is 24.5 Å². The van der Waals surface area contributed by atoms with Gasteiger partial charge in [-0.15, -0.1) is 11.3 Å². The van der Waals surface area contributed by atoms with Gasteiger partial charge in [0.2, 0.25) is 0 Å². The fraction of sp³-hybridized carbons (Fsp3) is 0.100. The first kappa shape index (κ1) is 9.62. The second-order valence-electron chi connectivity index (χ2n) is 2.94. The quantitative estimate of drug-likeness (QED) is 0.837. The van der Waals surface area contributed by atoms with Crippen LogP contribution in [0.25, 0.3) is 0 Å². The number of anilines is 2. The number of hydrogen-bond acceptors (Lipinski definition) is 5. The van der Waals surface area contributed by atoms with Crippen molar-refractivity contribution < 1.29 is 0 Å². The Bertz CT molecular complexity index is 512. The molecule has 0 saturated heterocycles. The van der Waals surface area contributed by atoms with Crippen molar-refractivity contribution in [1.29, 1.82) is 5.26 Å². The van der Waals surface area contributed by atoms with E-state index in [-0.39, 0.29) is 0 Å². The van der Waals surface area contributed by atoms with Gasteiger partial charge in [0.25, 0.3) is 0 Å². The molecule has 0 atom stereocenters. The molecule has 0 bridgehead atoms. The minimum absolute atomic E-state index is 0.584. The van der Waals surface area contributed by atoms with E-state index in [9.17, 15) is 0 Å². The van der Waals surface area contributed by atoms with Gasteiger partial charge in [0.1, 0.15) is 5.82 Å². The van der Waals surface area contributed by atoms with Gasteiger partial charge in [0.15, 0.2) is 5.13 Å². The van der Waals surface area contributed by atoms with Crippen LogP contribution >= 0.6 is 11.3 Å². The highest BCUT2D eigenvalue weighted by atomic mass is 32.1. The molecule has 2 heterocycles. The van der Waals surface area contributed by atoms with E-state index in [1.165, 1.54) is 0 Å². The van der Waals surface area contributed by atoms with Gasteiger partial charge in [-0.25, -0.2) is 9.97 Å². The molecule has 4 nitrogen and oxygen atoms in total. The zero-order valence-electron chi connectivity index (χ0n) is 8.06. The van der Waals surface area contributed by atoms with Crippen LogP contribution in [0.3, 0.4) is 0 Å². The Kier molecular flexibility index (Phi) is 2.61. The molecule has 2 aromatic heterocycles. The fourth-order valence-corrected chi connectivity index (χ4v) is 1.76. The summed E-state index contributed by atoms with van der Waals surface area (Å²) in [5, 5.41) is 12.5. The molecule has 0 fully saturated rings. The van der Waals surface area contributed by atoms with Crippen LogP contribution in [0, 0.1) is 18.3 Å². The lowest BCUT2D eigenvalue weighted by molar-refractivity contribution is 1.27. The highest BCUT2D eigenvalue weighted by Crippen LogP contribution is 2.20. The minimum Gasteiger partial charge on any atom is -0.316 e. The molecule has 0 aliphatic carbocycles. The molecule has 74 valence electrons. The second kappa shape index (κ2) is 4.07. The first-order valence-corrected chi connectivity index (χ1v) is 5.15. The number of hydrogen-bond donors (Lipinski definition) is 1. The van der Waals surface area contributed by atoms with E-state index >= 15 is 0 Å². The molecule has 0 amide bonds. The zero-order chi connectivity index (χ0) is 10.7. The van der Waals surface area contributed by atoms with E-state index in [2.05, 4.69) is 21.4 Å². The highest BCUT2D eigenvalue weighted by Gasteiger charge is 2.00. The lowest BCUT2D eigenvalue weighted by Crippen LogP contribution is -1.92. The lowest BCUT2D eigenvalue weighted by Gasteiger charge is -2.00. The standard InChI is InChI=1S/C10H8N4S/c1-7-6-13-10(15-7)14-9-4-8(5-11)2-3-12-9/h2-4,6H,1H3,(H,12,13,14). The molecule has 0 spiro atoms. The van der Waals surface area contributed by atoms with Crippen LogP contribution in [0.5, 0.6) is 0 Å². The molecule has 0 unspecified atom stereocenters. The monoisotopic (exact) mass is 216 g/mol. The molecule has 0 aromatic carbocycles. The molecule has 0 aliphatic rings. The van der Waals surface area contributed by atoms with E-state index in [0.717, 1.165) is 10.0 Å². The maximum Gasteiger partial charge on any atom is 0.188 e. The Morgan fingerprint density at radius 3 is 3.00 bits per heavy atom. The third-order valence-electron chi connectivity index (χ3n) is 1.75. The van der Waals surface area contributed by atoms with Gasteiger partial charge in [-0.05, 0) is 19.1 Å². The summed E-state index contributed by atoms with van der Waals surface area (Å²) < 4.78 is 0. The summed E-state index contributed by atoms with van der Waals surface area (Å²) >= 11 is 1.55. The van der Waals surface area contributed by atoms with Crippen molar-refractivity contribution in [2.75, 3.05) is 5.32 Å². The predicted molar refractivity (Wildman–Crippen MR) is 59.1 cm³/mol. The first-order valence-electron chi connectivity index (χ1n) is 4.33. The number of thiazole rings is 1. The average Bonchev–Trinajstić information content (AvgIpc) is 2.64. The van der Waals surface area contributed by atoms with Gasteiger partial charge >= 0.3 is 0 Å². The number of nitriles is 1. The fourth-order valence-electron chi connectivity index (χ4n) is 1.09. The molecule has 0 saturated carbocycles. The van der Waals surface area contributed by atoms with Crippen LogP contribution in [0.1, 0.15) is 10.4 Å². The maximum absolute atomic E-state index is 8.71. The van der Waals surface area contributed by atoms with Crippen LogP contribution in [-0.2, 0) is 0 Å². The Hall–Kier alpha value is -1.93. The number of nitrogens with one attached hydrogen (secondary N) is 1. The third kappa shape index (κ3) is 2.30. The number of aromatic nitrogens is 2. The number of aryl methyl sites for hydroxylation is 1. The van der Waals surface area contributed by atoms with Gasteiger partial charge < -0.3 is 5.32 Å². The van der Waals surface area contributed by atoms with E-state index in [1.807, 2.05) is 6.92 Å². The Morgan fingerprint density at radius 1 is 1.47 bits per heavy atom. The number of rotatable bonds is 2. The van der Waals surface area contributed by atoms with Gasteiger partial charge in [0.05, 0.1) is 11.6 Å². The normalized spacial score (nSPS) is 9.60. The Balaban J connectivity index is 2.21. The van der Waals surface area contributed by atoms with Crippen LogP contribution in [0.4, 0.5) is 10.9 Å². The summed E-state index contributed by atoms with van der Waals surface area (Å²) in [6.07, 6.45) is 3.39. The van der Waals surface area contributed by atoms with E-state index in [1.54, 1.807) is 35.9 Å². The highest BCUT2D eigenvalue weighted by molar-refractivity contribution is 7.15. The SMILES string of the molecule is Cc1cnc(Nc2cc(C#N)ccn2)s1. The lowest BCUT2D eigenvalue weighted by atomic mass is 10.3. The average molecular weight is 216 g/mol. The zero-order valence-corrected chi connectivity index (χ0v) is 8.88. The molecule has 15 heavy (non-hydrogen) atoms. The van der Waals surface area contributed by atoms with Crippen LogP contribution in [-0.4, -0.2) is 9.97 Å². The van der Waals surface area contributed by atoms with Gasteiger partial charge in [-0.1, -0.05) is 0 Å². The molecular weight excluding hydrogens is 208 g/mol. The van der Waals surface area contributed by atoms with Crippen molar-refractivity contribution in [2.45, 2.75) is 6.92 Å². The van der Waals surface area contributed by atoms with Crippen molar-refractivity contribution in [3.05, 3.63) is 35.0 Å². The smallest absolute Gasteiger partial charge is 0.188 e. The van der Waals surface area contributed by atoms with Crippen LogP contribution < -0.4 is 5.32 Å². The van der Waals surface area contributed by atoms with Crippen molar-refractivity contribution >= 4 is 22.3 Å². The summed E-state index contributed by atoms with van der Waals surface area (Å²) in [6.45, 7) is 1.99. The van der Waals surface area contributed by atoms with Gasteiger partial charge in [-0.2, -0.15) is 5.26 Å². The maximum atomic E-state index is 8.71. The van der Waals surface area contributed by atoms with Crippen LogP contribution in [0.2, 0.25) is 0 Å². The molecule has 2 aromatic rings. The number of pyridine rings is 1. The molecular formula is C10H8N4S. The summed E-state index contributed by atoms with van der Waals surface area (Å²) in [5.74, 6) is 0.642. The van der Waals surface area contributed by atoms with Gasteiger partial charge in [0, 0.05) is 17.3 Å². The number of nitrogens with zero attached hydrogens (tertiary/aromatic N) is 3. The van der Waals surface area contributed by atoms with Crippen molar-refractivity contribution in [2.24, 2.45) is 0 Å². The third-order valence-corrected chi connectivity index (χ3v) is 2.57. The van der Waals surface area contributed by atoms with E-state index in [0.29, 0.717) is 11.4 Å².